The Kier molecular flexibility index (Phi) is 76.9. The first kappa shape index (κ1) is 22.4. The molecule has 0 saturated carbocycles. The molecule has 0 aromatic carbocycles. The van der Waals surface area contributed by atoms with Crippen LogP contribution in [0, 0.1) is 0 Å². The van der Waals surface area contributed by atoms with Gasteiger partial charge < -0.3 is 5.73 Å². The molecule has 0 aliphatic rings. The zero-order valence-electron chi connectivity index (χ0n) is 8.57. The Balaban J connectivity index is -0.0000000273. The van der Waals surface area contributed by atoms with Gasteiger partial charge in [0.05, 0.1) is 0 Å². The Morgan fingerprint density at radius 2 is 1.10 bits per heavy atom. The molecule has 1 nitrogen and oxygen atoms in total. The van der Waals surface area contributed by atoms with Gasteiger partial charge in [-0.3, -0.25) is 0 Å². The van der Waals surface area contributed by atoms with Gasteiger partial charge in [-0.25, -0.2) is 0 Å². The van der Waals surface area contributed by atoms with E-state index in [4.69, 9.17) is 5.73 Å². The number of nitrogens with two attached hydrogens (primary N) is 1. The zero-order chi connectivity index (χ0) is 8.28. The van der Waals surface area contributed by atoms with Crippen molar-refractivity contribution in [3.63, 3.8) is 0 Å². The van der Waals surface area contributed by atoms with Crippen LogP contribution in [-0.4, -0.2) is 6.04 Å². The molecule has 0 aliphatic carbocycles. The molecular weight excluding hydrogens is 141 g/mol. The maximum Gasteiger partial charge on any atom is -0.00179 e. The van der Waals surface area contributed by atoms with E-state index in [1.165, 1.54) is 6.42 Å². The Morgan fingerprint density at radius 1 is 1.10 bits per heavy atom. The summed E-state index contributed by atoms with van der Waals surface area (Å²) in [6.07, 6.45) is 1.25. The summed E-state index contributed by atoms with van der Waals surface area (Å²) >= 11 is 0. The monoisotopic (exact) mass is 167 g/mol. The fraction of sp³-hybridized carbons (Fsp3) is 1.00. The van der Waals surface area contributed by atoms with Crippen molar-refractivity contribution in [1.29, 1.82) is 0 Å². The largest absolute Gasteiger partial charge is 0.328 e. The molecule has 10 heavy (non-hydrogen) atoms. The molecule has 2 heteroatoms. The Morgan fingerprint density at radius 3 is 1.10 bits per heavy atom. The molecule has 0 radical (unpaired) electrons. The maximum absolute atomic E-state index is 5.11. The van der Waals surface area contributed by atoms with Crippen LogP contribution in [0.25, 0.3) is 0 Å². The molecule has 0 saturated heterocycles. The Hall–Kier alpha value is 0.390. The van der Waals surface area contributed by atoms with Gasteiger partial charge in [-0.1, -0.05) is 48.0 Å². The zero-order valence-corrected chi connectivity index (χ0v) is 9.98. The van der Waals surface area contributed by atoms with E-state index >= 15 is 0 Å². The number of rotatable bonds is 0. The van der Waals surface area contributed by atoms with E-state index in [0.29, 0.717) is 6.04 Å². The van der Waals surface area contributed by atoms with Gasteiger partial charge in [-0.05, 0) is 6.04 Å². The lowest BCUT2D eigenvalue weighted by Gasteiger charge is -1.81. The molecule has 0 fully saturated rings. The van der Waals surface area contributed by atoms with Crippen molar-refractivity contribution >= 4 is 9.90 Å². The van der Waals surface area contributed by atoms with Gasteiger partial charge in [0.1, 0.15) is 0 Å². The number of hydrogen-bond acceptors (Lipinski definition) is 1. The third-order valence-electron chi connectivity index (χ3n) is 0. The van der Waals surface area contributed by atoms with E-state index < -0.39 is 0 Å². The smallest absolute Gasteiger partial charge is 0.00179 e. The van der Waals surface area contributed by atoms with E-state index in [1.807, 2.05) is 27.7 Å². The van der Waals surface area contributed by atoms with Gasteiger partial charge >= 0.3 is 0 Å². The average Bonchev–Trinajstić information content (AvgIpc) is 1.71. The first-order valence-electron chi connectivity index (χ1n) is 3.90. The topological polar surface area (TPSA) is 26.0 Å². The van der Waals surface area contributed by atoms with Crippen LogP contribution in [0.3, 0.4) is 0 Å². The summed E-state index contributed by atoms with van der Waals surface area (Å²) in [5.74, 6) is 0. The SMILES string of the molecule is CC.CC(C)N.CCC.P. The quantitative estimate of drug-likeness (QED) is 0.552. The van der Waals surface area contributed by atoms with Crippen LogP contribution in [0.1, 0.15) is 48.0 Å². The first-order chi connectivity index (χ1) is 4.15. The summed E-state index contributed by atoms with van der Waals surface area (Å²) in [5, 5.41) is 0. The van der Waals surface area contributed by atoms with Crippen LogP contribution in [-0.2, 0) is 0 Å². The highest BCUT2D eigenvalue weighted by molar-refractivity contribution is 6.92. The Bertz CT molecular complexity index is 20.5. The molecule has 0 aromatic heterocycles. The predicted molar refractivity (Wildman–Crippen MR) is 57.7 cm³/mol. The highest BCUT2D eigenvalue weighted by Crippen LogP contribution is 1.58. The van der Waals surface area contributed by atoms with Gasteiger partial charge in [0, 0.05) is 0 Å². The third-order valence-corrected chi connectivity index (χ3v) is 0. The summed E-state index contributed by atoms with van der Waals surface area (Å²) in [6.45, 7) is 12.1. The maximum atomic E-state index is 5.11. The van der Waals surface area contributed by atoms with E-state index in [9.17, 15) is 0 Å². The van der Waals surface area contributed by atoms with Crippen LogP contribution in [0.2, 0.25) is 0 Å². The minimum Gasteiger partial charge on any atom is -0.328 e. The normalized spacial score (nSPS) is 6.00. The van der Waals surface area contributed by atoms with Crippen molar-refractivity contribution in [3.8, 4) is 0 Å². The third kappa shape index (κ3) is 3010. The second-order valence-corrected chi connectivity index (χ2v) is 1.95. The molecule has 1 unspecified atom stereocenters. The molecule has 0 aliphatic heterocycles. The lowest BCUT2D eigenvalue weighted by Crippen LogP contribution is -2.06. The van der Waals surface area contributed by atoms with Gasteiger partial charge in [-0.15, -0.1) is 0 Å². The number of hydrogen-bond donors (Lipinski definition) is 1. The molecule has 0 aromatic rings. The van der Waals surface area contributed by atoms with Crippen LogP contribution in [0.5, 0.6) is 0 Å². The molecule has 68 valence electrons. The summed E-state index contributed by atoms with van der Waals surface area (Å²) in [6, 6.07) is 0.333. The minimum atomic E-state index is 0. The minimum absolute atomic E-state index is 0. The van der Waals surface area contributed by atoms with E-state index in [-0.39, 0.29) is 9.90 Å². The van der Waals surface area contributed by atoms with Crippen molar-refractivity contribution < 1.29 is 0 Å². The van der Waals surface area contributed by atoms with Crippen molar-refractivity contribution in [2.45, 2.75) is 54.0 Å². The van der Waals surface area contributed by atoms with Crippen LogP contribution in [0.4, 0.5) is 0 Å². The predicted octanol–water partition coefficient (Wildman–Crippen LogP) is 2.85. The molecule has 1 atom stereocenters. The second kappa shape index (κ2) is 34.3. The van der Waals surface area contributed by atoms with Gasteiger partial charge in [0.25, 0.3) is 0 Å². The lowest BCUT2D eigenvalue weighted by atomic mass is 10.5. The van der Waals surface area contributed by atoms with Crippen molar-refractivity contribution in [3.05, 3.63) is 0 Å². The van der Waals surface area contributed by atoms with Crippen molar-refractivity contribution in [2.24, 2.45) is 5.73 Å². The van der Waals surface area contributed by atoms with E-state index in [1.54, 1.807) is 0 Å². The van der Waals surface area contributed by atoms with Crippen molar-refractivity contribution in [2.75, 3.05) is 0 Å². The van der Waals surface area contributed by atoms with E-state index in [2.05, 4.69) is 13.8 Å². The highest BCUT2D eigenvalue weighted by atomic mass is 31.0. The summed E-state index contributed by atoms with van der Waals surface area (Å²) in [7, 11) is 0. The van der Waals surface area contributed by atoms with Crippen LogP contribution < -0.4 is 5.73 Å². The summed E-state index contributed by atoms with van der Waals surface area (Å²) in [4.78, 5) is 0. The van der Waals surface area contributed by atoms with Crippen LogP contribution in [0.15, 0.2) is 0 Å². The molecule has 0 heterocycles. The van der Waals surface area contributed by atoms with Gasteiger partial charge in [0.15, 0.2) is 0 Å². The standard InChI is InChI=1S/C3H9N.C3H8.C2H6.H3P/c1-3(2)4;1-3-2;1-2;/h3H,4H2,1-2H3;3H2,1-2H3;1-2H3;1H3. The molecule has 0 spiro atoms. The van der Waals surface area contributed by atoms with E-state index in [0.717, 1.165) is 0 Å². The summed E-state index contributed by atoms with van der Waals surface area (Å²) in [5.41, 5.74) is 5.11. The first-order valence-corrected chi connectivity index (χ1v) is 3.90. The van der Waals surface area contributed by atoms with Crippen LogP contribution >= 0.6 is 9.90 Å². The highest BCUT2D eigenvalue weighted by Gasteiger charge is 1.67. The lowest BCUT2D eigenvalue weighted by molar-refractivity contribution is 0.834. The Labute approximate surface area is 70.4 Å². The second-order valence-electron chi connectivity index (χ2n) is 1.95. The van der Waals surface area contributed by atoms with Crippen molar-refractivity contribution in [1.82, 2.24) is 0 Å². The molecule has 0 amide bonds. The molecular formula is C8H26NP. The molecule has 0 bridgehead atoms. The van der Waals surface area contributed by atoms with Gasteiger partial charge in [0.2, 0.25) is 0 Å². The molecule has 0 rings (SSSR count). The average molecular weight is 167 g/mol. The summed E-state index contributed by atoms with van der Waals surface area (Å²) < 4.78 is 0. The molecule has 2 N–H and O–H groups in total. The fourth-order valence-corrected chi connectivity index (χ4v) is 0. The van der Waals surface area contributed by atoms with Gasteiger partial charge in [-0.2, -0.15) is 9.90 Å². The fourth-order valence-electron chi connectivity index (χ4n) is 0.